The molecular formula is C16H22O2S. The molecule has 3 heteroatoms. The lowest BCUT2D eigenvalue weighted by Gasteiger charge is -2.21. The van der Waals surface area contributed by atoms with Crippen LogP contribution in [0.1, 0.15) is 39.7 Å². The third-order valence-electron chi connectivity index (χ3n) is 2.20. The van der Waals surface area contributed by atoms with Gasteiger partial charge in [0.1, 0.15) is 11.4 Å². The van der Waals surface area contributed by atoms with Crippen molar-refractivity contribution in [3.05, 3.63) is 35.9 Å². The van der Waals surface area contributed by atoms with E-state index in [0.717, 1.165) is 23.5 Å². The summed E-state index contributed by atoms with van der Waals surface area (Å²) in [6, 6.07) is 8.04. The van der Waals surface area contributed by atoms with Gasteiger partial charge in [-0.25, -0.2) is 0 Å². The summed E-state index contributed by atoms with van der Waals surface area (Å²) < 4.78 is 5.76. The minimum absolute atomic E-state index is 0.165. The van der Waals surface area contributed by atoms with Crippen LogP contribution < -0.4 is 4.74 Å². The van der Waals surface area contributed by atoms with Crippen LogP contribution in [0.2, 0.25) is 0 Å². The summed E-state index contributed by atoms with van der Waals surface area (Å²) >= 11 is 1.37. The molecular weight excluding hydrogens is 256 g/mol. The maximum atomic E-state index is 10.8. The van der Waals surface area contributed by atoms with Crippen molar-refractivity contribution in [2.75, 3.05) is 5.75 Å². The predicted octanol–water partition coefficient (Wildman–Crippen LogP) is 4.55. The molecule has 0 fully saturated rings. The quantitative estimate of drug-likeness (QED) is 0.739. The van der Waals surface area contributed by atoms with Gasteiger partial charge < -0.3 is 4.74 Å². The third-order valence-corrected chi connectivity index (χ3v) is 3.05. The number of ether oxygens (including phenoxy) is 1. The third kappa shape index (κ3) is 7.73. The Morgan fingerprint density at radius 2 is 1.89 bits per heavy atom. The molecule has 0 atom stereocenters. The van der Waals surface area contributed by atoms with E-state index in [1.807, 2.05) is 45.0 Å². The molecule has 0 unspecified atom stereocenters. The summed E-state index contributed by atoms with van der Waals surface area (Å²) in [5.74, 6) is 1.73. The molecule has 0 aliphatic carbocycles. The fraction of sp³-hybridized carbons (Fsp3) is 0.438. The Hall–Kier alpha value is -1.22. The predicted molar refractivity (Wildman–Crippen MR) is 83.6 cm³/mol. The van der Waals surface area contributed by atoms with Gasteiger partial charge in [-0.2, -0.15) is 0 Å². The number of carbonyl (C=O) groups excluding carboxylic acids is 1. The topological polar surface area (TPSA) is 26.3 Å². The molecule has 0 N–H and O–H groups in total. The lowest BCUT2D eigenvalue weighted by atomic mass is 10.1. The van der Waals surface area contributed by atoms with Crippen LogP contribution in [0.15, 0.2) is 30.3 Å². The van der Waals surface area contributed by atoms with Crippen LogP contribution >= 0.6 is 11.8 Å². The van der Waals surface area contributed by atoms with Gasteiger partial charge in [-0.1, -0.05) is 36.0 Å². The fourth-order valence-electron chi connectivity index (χ4n) is 1.49. The molecule has 0 aliphatic heterocycles. The number of thioether (sulfide) groups is 1. The molecule has 1 aromatic carbocycles. The van der Waals surface area contributed by atoms with Crippen LogP contribution in [0.3, 0.4) is 0 Å². The highest BCUT2D eigenvalue weighted by Gasteiger charge is 2.10. The number of carbonyl (C=O) groups is 1. The molecule has 19 heavy (non-hydrogen) atoms. The largest absolute Gasteiger partial charge is 0.488 e. The van der Waals surface area contributed by atoms with Crippen molar-refractivity contribution in [1.29, 1.82) is 0 Å². The Labute approximate surface area is 120 Å². The van der Waals surface area contributed by atoms with E-state index in [2.05, 4.69) is 12.2 Å². The summed E-state index contributed by atoms with van der Waals surface area (Å²) in [7, 11) is 0. The summed E-state index contributed by atoms with van der Waals surface area (Å²) in [6.07, 6.45) is 5.07. The maximum absolute atomic E-state index is 10.8. The van der Waals surface area contributed by atoms with Gasteiger partial charge >= 0.3 is 0 Å². The molecule has 0 bridgehead atoms. The van der Waals surface area contributed by atoms with Crippen LogP contribution in [0.25, 0.3) is 6.08 Å². The van der Waals surface area contributed by atoms with Crippen molar-refractivity contribution in [3.8, 4) is 5.75 Å². The zero-order valence-electron chi connectivity index (χ0n) is 12.1. The molecule has 0 aliphatic rings. The van der Waals surface area contributed by atoms with Crippen LogP contribution in [0.5, 0.6) is 5.75 Å². The zero-order valence-corrected chi connectivity index (χ0v) is 12.9. The van der Waals surface area contributed by atoms with Crippen LogP contribution in [-0.2, 0) is 4.79 Å². The summed E-state index contributed by atoms with van der Waals surface area (Å²) in [4.78, 5) is 10.8. The molecule has 2 nitrogen and oxygen atoms in total. The lowest BCUT2D eigenvalue weighted by molar-refractivity contribution is -0.109. The SMILES string of the molecule is CC(=O)SCCC=Cc1ccc(OC(C)(C)C)cc1. The van der Waals surface area contributed by atoms with E-state index in [-0.39, 0.29) is 10.7 Å². The minimum atomic E-state index is -0.165. The van der Waals surface area contributed by atoms with Crippen molar-refractivity contribution >= 4 is 23.0 Å². The summed E-state index contributed by atoms with van der Waals surface area (Å²) in [6.45, 7) is 7.71. The van der Waals surface area contributed by atoms with E-state index in [0.29, 0.717) is 0 Å². The number of hydrogen-bond donors (Lipinski definition) is 0. The Morgan fingerprint density at radius 3 is 2.42 bits per heavy atom. The number of hydrogen-bond acceptors (Lipinski definition) is 3. The second kappa shape index (κ2) is 7.39. The second-order valence-electron chi connectivity index (χ2n) is 5.31. The molecule has 0 spiro atoms. The summed E-state index contributed by atoms with van der Waals surface area (Å²) in [5, 5.41) is 0.178. The van der Waals surface area contributed by atoms with Crippen molar-refractivity contribution in [2.24, 2.45) is 0 Å². The lowest BCUT2D eigenvalue weighted by Crippen LogP contribution is -2.22. The Balaban J connectivity index is 2.43. The van der Waals surface area contributed by atoms with Gasteiger partial charge in [0, 0.05) is 12.7 Å². The number of benzene rings is 1. The van der Waals surface area contributed by atoms with Crippen molar-refractivity contribution in [3.63, 3.8) is 0 Å². The van der Waals surface area contributed by atoms with E-state index in [1.165, 1.54) is 11.8 Å². The molecule has 0 radical (unpaired) electrons. The van der Waals surface area contributed by atoms with E-state index in [4.69, 9.17) is 4.74 Å². The van der Waals surface area contributed by atoms with Gasteiger partial charge in [-0.05, 0) is 44.9 Å². The highest BCUT2D eigenvalue weighted by atomic mass is 32.2. The molecule has 0 amide bonds. The Bertz CT molecular complexity index is 427. The average molecular weight is 278 g/mol. The highest BCUT2D eigenvalue weighted by Crippen LogP contribution is 2.19. The molecule has 0 saturated heterocycles. The average Bonchev–Trinajstić information content (AvgIpc) is 2.28. The van der Waals surface area contributed by atoms with E-state index >= 15 is 0 Å². The monoisotopic (exact) mass is 278 g/mol. The maximum Gasteiger partial charge on any atom is 0.185 e. The normalized spacial score (nSPS) is 11.8. The standard InChI is InChI=1S/C16H22O2S/c1-13(17)19-12-6-5-7-14-8-10-15(11-9-14)18-16(2,3)4/h5,7-11H,6,12H2,1-4H3. The van der Waals surface area contributed by atoms with Crippen LogP contribution in [0, 0.1) is 0 Å². The van der Waals surface area contributed by atoms with Gasteiger partial charge in [0.2, 0.25) is 0 Å². The van der Waals surface area contributed by atoms with Gasteiger partial charge in [0.25, 0.3) is 0 Å². The van der Waals surface area contributed by atoms with Gasteiger partial charge in [0.05, 0.1) is 0 Å². The first-order valence-electron chi connectivity index (χ1n) is 6.46. The Morgan fingerprint density at radius 1 is 1.26 bits per heavy atom. The fourth-order valence-corrected chi connectivity index (χ4v) is 2.03. The minimum Gasteiger partial charge on any atom is -0.488 e. The van der Waals surface area contributed by atoms with Crippen molar-refractivity contribution in [2.45, 2.75) is 39.7 Å². The number of rotatable bonds is 5. The van der Waals surface area contributed by atoms with Gasteiger partial charge in [0.15, 0.2) is 5.12 Å². The van der Waals surface area contributed by atoms with Gasteiger partial charge in [-0.3, -0.25) is 4.79 Å². The Kier molecular flexibility index (Phi) is 6.16. The smallest absolute Gasteiger partial charge is 0.185 e. The van der Waals surface area contributed by atoms with Crippen LogP contribution in [-0.4, -0.2) is 16.5 Å². The molecule has 0 heterocycles. The van der Waals surface area contributed by atoms with Crippen LogP contribution in [0.4, 0.5) is 0 Å². The molecule has 0 saturated carbocycles. The van der Waals surface area contributed by atoms with E-state index in [1.54, 1.807) is 6.92 Å². The van der Waals surface area contributed by atoms with Gasteiger partial charge in [-0.15, -0.1) is 0 Å². The molecule has 0 aromatic heterocycles. The molecule has 1 rings (SSSR count). The molecule has 1 aromatic rings. The van der Waals surface area contributed by atoms with Crippen molar-refractivity contribution in [1.82, 2.24) is 0 Å². The number of allylic oxidation sites excluding steroid dienone is 1. The van der Waals surface area contributed by atoms with Crippen molar-refractivity contribution < 1.29 is 9.53 Å². The first-order chi connectivity index (χ1) is 8.87. The van der Waals surface area contributed by atoms with E-state index < -0.39 is 0 Å². The zero-order chi connectivity index (χ0) is 14.3. The highest BCUT2D eigenvalue weighted by molar-refractivity contribution is 8.13. The summed E-state index contributed by atoms with van der Waals surface area (Å²) in [5.41, 5.74) is 0.982. The molecule has 104 valence electrons. The first-order valence-corrected chi connectivity index (χ1v) is 7.44. The first kappa shape index (κ1) is 15.8. The second-order valence-corrected chi connectivity index (χ2v) is 6.59. The van der Waals surface area contributed by atoms with E-state index in [9.17, 15) is 4.79 Å².